The zero-order valence-electron chi connectivity index (χ0n) is 6.37. The molecule has 0 bridgehead atoms. The van der Waals surface area contributed by atoms with Crippen molar-refractivity contribution >= 4 is 5.91 Å². The predicted octanol–water partition coefficient (Wildman–Crippen LogP) is 1.36. The van der Waals surface area contributed by atoms with Gasteiger partial charge in [0.05, 0.1) is 0 Å². The summed E-state index contributed by atoms with van der Waals surface area (Å²) in [4.78, 5) is 10.6. The molecule has 0 aliphatic rings. The highest BCUT2D eigenvalue weighted by molar-refractivity contribution is 5.92. The van der Waals surface area contributed by atoms with Crippen molar-refractivity contribution in [3.8, 4) is 0 Å². The maximum absolute atomic E-state index is 10.6. The molecule has 2 heteroatoms. The number of benzene rings is 1. The van der Waals surface area contributed by atoms with Crippen molar-refractivity contribution in [1.29, 1.82) is 0 Å². The molecule has 0 fully saturated rings. The molecule has 0 saturated heterocycles. The predicted molar refractivity (Wildman–Crippen MR) is 44.0 cm³/mol. The second-order valence-electron chi connectivity index (χ2n) is 2.27. The Morgan fingerprint density at radius 1 is 1.36 bits per heavy atom. The number of rotatable bonds is 2. The molecule has 1 amide bonds. The van der Waals surface area contributed by atoms with Crippen LogP contribution in [0, 0.1) is 6.42 Å². The Labute approximate surface area is 66.0 Å². The van der Waals surface area contributed by atoms with Gasteiger partial charge in [0, 0.05) is 5.56 Å². The van der Waals surface area contributed by atoms with E-state index < -0.39 is 0 Å². The molecule has 0 aliphatic heterocycles. The number of carbonyl (C=O) groups is 1. The lowest BCUT2D eigenvalue weighted by Crippen LogP contribution is -2.10. The lowest BCUT2D eigenvalue weighted by Gasteiger charge is -1.96. The third kappa shape index (κ3) is 1.80. The molecule has 1 radical (unpaired) electrons. The Kier molecular flexibility index (Phi) is 2.26. The molecule has 0 heterocycles. The van der Waals surface area contributed by atoms with Crippen LogP contribution in [0.25, 0.3) is 0 Å². The molecule has 0 spiro atoms. The second-order valence-corrected chi connectivity index (χ2v) is 2.27. The van der Waals surface area contributed by atoms with Crippen LogP contribution in [0.2, 0.25) is 0 Å². The van der Waals surface area contributed by atoms with E-state index in [2.05, 4.69) is 0 Å². The summed E-state index contributed by atoms with van der Waals surface area (Å²) in [5, 5.41) is 0. The van der Waals surface area contributed by atoms with Crippen molar-refractivity contribution in [2.24, 2.45) is 5.73 Å². The van der Waals surface area contributed by atoms with Crippen molar-refractivity contribution < 1.29 is 4.79 Å². The fraction of sp³-hybridized carbons (Fsp3) is 0.111. The van der Waals surface area contributed by atoms with Gasteiger partial charge in [-0.1, -0.05) is 19.1 Å². The monoisotopic (exact) mass is 148 g/mol. The summed E-state index contributed by atoms with van der Waals surface area (Å²) in [6.45, 7) is 1.94. The van der Waals surface area contributed by atoms with Crippen LogP contribution in [0.1, 0.15) is 22.8 Å². The van der Waals surface area contributed by atoms with Crippen LogP contribution in [-0.4, -0.2) is 5.91 Å². The molecule has 1 aromatic rings. The zero-order valence-corrected chi connectivity index (χ0v) is 6.37. The van der Waals surface area contributed by atoms with Crippen LogP contribution in [-0.2, 0) is 0 Å². The minimum Gasteiger partial charge on any atom is -0.366 e. The van der Waals surface area contributed by atoms with Gasteiger partial charge >= 0.3 is 0 Å². The molecule has 0 aliphatic carbocycles. The third-order valence-corrected chi connectivity index (χ3v) is 1.53. The highest BCUT2D eigenvalue weighted by Gasteiger charge is 1.97. The maximum atomic E-state index is 10.6. The maximum Gasteiger partial charge on any atom is 0.248 e. The average molecular weight is 148 g/mol. The molecule has 0 atom stereocenters. The number of primary amides is 1. The Bertz CT molecular complexity index is 251. The van der Waals surface area contributed by atoms with Gasteiger partial charge in [-0.3, -0.25) is 4.79 Å². The van der Waals surface area contributed by atoms with E-state index in [4.69, 9.17) is 5.73 Å². The van der Waals surface area contributed by atoms with E-state index in [0.29, 0.717) is 5.56 Å². The first-order valence-electron chi connectivity index (χ1n) is 3.43. The molecular weight excluding hydrogens is 138 g/mol. The fourth-order valence-corrected chi connectivity index (χ4v) is 0.840. The van der Waals surface area contributed by atoms with Gasteiger partial charge in [0.15, 0.2) is 0 Å². The number of hydrogen-bond acceptors (Lipinski definition) is 1. The topological polar surface area (TPSA) is 43.1 Å². The van der Waals surface area contributed by atoms with Gasteiger partial charge < -0.3 is 5.73 Å². The van der Waals surface area contributed by atoms with Crippen molar-refractivity contribution in [1.82, 2.24) is 0 Å². The van der Waals surface area contributed by atoms with Crippen LogP contribution >= 0.6 is 0 Å². The molecule has 0 aromatic heterocycles. The van der Waals surface area contributed by atoms with Crippen LogP contribution in [0.5, 0.6) is 0 Å². The van der Waals surface area contributed by atoms with Gasteiger partial charge in [-0.25, -0.2) is 0 Å². The Balaban J connectivity index is 2.91. The minimum absolute atomic E-state index is 0.382. The summed E-state index contributed by atoms with van der Waals surface area (Å²) >= 11 is 0. The SMILES string of the molecule is C[CH]c1ccc(C(N)=O)cc1. The van der Waals surface area contributed by atoms with Crippen molar-refractivity contribution in [2.75, 3.05) is 0 Å². The lowest BCUT2D eigenvalue weighted by atomic mass is 10.1. The van der Waals surface area contributed by atoms with Crippen molar-refractivity contribution in [3.63, 3.8) is 0 Å². The molecule has 0 saturated carbocycles. The highest BCUT2D eigenvalue weighted by atomic mass is 16.1. The molecule has 2 nitrogen and oxygen atoms in total. The van der Waals surface area contributed by atoms with Crippen LogP contribution in [0.3, 0.4) is 0 Å². The van der Waals surface area contributed by atoms with E-state index in [1.165, 1.54) is 0 Å². The smallest absolute Gasteiger partial charge is 0.248 e. The van der Waals surface area contributed by atoms with Gasteiger partial charge in [-0.15, -0.1) is 0 Å². The van der Waals surface area contributed by atoms with E-state index in [0.717, 1.165) is 5.56 Å². The van der Waals surface area contributed by atoms with E-state index in [9.17, 15) is 4.79 Å². The van der Waals surface area contributed by atoms with Crippen molar-refractivity contribution in [3.05, 3.63) is 41.8 Å². The van der Waals surface area contributed by atoms with E-state index in [1.54, 1.807) is 12.1 Å². The summed E-state index contributed by atoms with van der Waals surface area (Å²) in [6, 6.07) is 7.16. The molecule has 1 aromatic carbocycles. The first-order valence-corrected chi connectivity index (χ1v) is 3.43. The molecular formula is C9H10NO. The van der Waals surface area contributed by atoms with Gasteiger partial charge in [-0.05, 0) is 24.1 Å². The van der Waals surface area contributed by atoms with Crippen LogP contribution in [0.15, 0.2) is 24.3 Å². The Hall–Kier alpha value is -1.31. The van der Waals surface area contributed by atoms with Gasteiger partial charge in [-0.2, -0.15) is 0 Å². The van der Waals surface area contributed by atoms with Gasteiger partial charge in [0.1, 0.15) is 0 Å². The Morgan fingerprint density at radius 3 is 2.27 bits per heavy atom. The lowest BCUT2D eigenvalue weighted by molar-refractivity contribution is 0.100. The van der Waals surface area contributed by atoms with Gasteiger partial charge in [0.2, 0.25) is 5.91 Å². The number of carbonyl (C=O) groups excluding carboxylic acids is 1. The summed E-state index contributed by atoms with van der Waals surface area (Å²) in [5.41, 5.74) is 6.70. The zero-order chi connectivity index (χ0) is 8.27. The quantitative estimate of drug-likeness (QED) is 0.676. The van der Waals surface area contributed by atoms with Gasteiger partial charge in [0.25, 0.3) is 0 Å². The fourth-order valence-electron chi connectivity index (χ4n) is 0.840. The summed E-state index contributed by atoms with van der Waals surface area (Å²) in [7, 11) is 0. The average Bonchev–Trinajstić information content (AvgIpc) is 2.05. The second kappa shape index (κ2) is 3.19. The largest absolute Gasteiger partial charge is 0.366 e. The van der Waals surface area contributed by atoms with E-state index >= 15 is 0 Å². The molecule has 57 valence electrons. The first-order chi connectivity index (χ1) is 5.24. The van der Waals surface area contributed by atoms with E-state index in [-0.39, 0.29) is 5.91 Å². The Morgan fingerprint density at radius 2 is 1.91 bits per heavy atom. The van der Waals surface area contributed by atoms with Crippen LogP contribution < -0.4 is 5.73 Å². The van der Waals surface area contributed by atoms with Crippen LogP contribution in [0.4, 0.5) is 0 Å². The molecule has 0 unspecified atom stereocenters. The summed E-state index contributed by atoms with van der Waals surface area (Å²) < 4.78 is 0. The first kappa shape index (κ1) is 7.79. The summed E-state index contributed by atoms with van der Waals surface area (Å²) in [6.07, 6.45) is 1.96. The number of amides is 1. The summed E-state index contributed by atoms with van der Waals surface area (Å²) in [5.74, 6) is -0.382. The third-order valence-electron chi connectivity index (χ3n) is 1.53. The standard InChI is InChI=1S/C9H10NO/c1-2-7-3-5-8(6-4-7)9(10)11/h2-6H,1H3,(H2,10,11). The number of nitrogens with two attached hydrogens (primary N) is 1. The molecule has 1 rings (SSSR count). The normalized spacial score (nSPS) is 9.55. The molecule has 11 heavy (non-hydrogen) atoms. The van der Waals surface area contributed by atoms with Crippen molar-refractivity contribution in [2.45, 2.75) is 6.92 Å². The minimum atomic E-state index is -0.382. The van der Waals surface area contributed by atoms with E-state index in [1.807, 2.05) is 25.5 Å². The molecule has 2 N–H and O–H groups in total. The number of hydrogen-bond donors (Lipinski definition) is 1. The highest BCUT2D eigenvalue weighted by Crippen LogP contribution is 2.04.